The molecule has 11 heteroatoms. The Morgan fingerprint density at radius 2 is 1.74 bits per heavy atom. The van der Waals surface area contributed by atoms with Gasteiger partial charge < -0.3 is 5.32 Å². The molecule has 0 spiro atoms. The molecular weight excluding hydrogens is 534 g/mol. The highest BCUT2D eigenvalue weighted by Crippen LogP contribution is 2.42. The first-order valence-corrected chi connectivity index (χ1v) is 13.8. The van der Waals surface area contributed by atoms with E-state index in [0.29, 0.717) is 10.4 Å². The van der Waals surface area contributed by atoms with Crippen molar-refractivity contribution in [2.45, 2.75) is 31.0 Å². The molecule has 2 aromatic carbocycles. The topological polar surface area (TPSA) is 81.1 Å². The summed E-state index contributed by atoms with van der Waals surface area (Å²) in [6.45, 7) is 0.912. The largest absolute Gasteiger partial charge is 0.433 e. The lowest BCUT2D eigenvalue weighted by molar-refractivity contribution is -0.144. The second kappa shape index (κ2) is 11.0. The number of hydrogen-bond acceptors (Lipinski definition) is 4. The first kappa shape index (κ1) is 28.0. The van der Waals surface area contributed by atoms with E-state index in [1.54, 1.807) is 37.3 Å². The molecule has 0 bridgehead atoms. The molecule has 0 aliphatic heterocycles. The number of sulfone groups is 1. The Labute approximate surface area is 223 Å². The summed E-state index contributed by atoms with van der Waals surface area (Å²) in [5.41, 5.74) is -0.584. The molecule has 0 fully saturated rings. The van der Waals surface area contributed by atoms with Crippen LogP contribution in [0.25, 0.3) is 16.8 Å². The van der Waals surface area contributed by atoms with Crippen molar-refractivity contribution in [1.82, 2.24) is 9.78 Å². The highest BCUT2D eigenvalue weighted by atomic mass is 32.2. The van der Waals surface area contributed by atoms with Gasteiger partial charge in [-0.1, -0.05) is 49.4 Å². The van der Waals surface area contributed by atoms with Crippen LogP contribution in [0.5, 0.6) is 0 Å². The number of alkyl halides is 3. The van der Waals surface area contributed by atoms with Crippen molar-refractivity contribution in [3.8, 4) is 11.3 Å². The van der Waals surface area contributed by atoms with Gasteiger partial charge in [-0.2, -0.15) is 18.3 Å². The number of halogens is 4. The average molecular weight is 560 g/mol. The third-order valence-corrected chi connectivity index (χ3v) is 7.08. The van der Waals surface area contributed by atoms with Gasteiger partial charge in [0.25, 0.3) is 0 Å². The van der Waals surface area contributed by atoms with Gasteiger partial charge in [0.15, 0.2) is 15.5 Å². The summed E-state index contributed by atoms with van der Waals surface area (Å²) in [4.78, 5) is 12.8. The van der Waals surface area contributed by atoms with Gasteiger partial charge in [0.05, 0.1) is 4.90 Å². The van der Waals surface area contributed by atoms with E-state index in [0.717, 1.165) is 6.26 Å². The number of para-hydroxylation sites is 1. The smallest absolute Gasteiger partial charge is 0.324 e. The van der Waals surface area contributed by atoms with Crippen LogP contribution in [0.15, 0.2) is 89.6 Å². The van der Waals surface area contributed by atoms with Gasteiger partial charge in [-0.15, -0.1) is 0 Å². The minimum Gasteiger partial charge on any atom is -0.324 e. The first-order chi connectivity index (χ1) is 18.3. The van der Waals surface area contributed by atoms with Crippen LogP contribution in [-0.4, -0.2) is 30.4 Å². The molecular formula is C28H25F4N3O3S. The highest BCUT2D eigenvalue weighted by Gasteiger charge is 2.41. The van der Waals surface area contributed by atoms with Crippen molar-refractivity contribution in [1.29, 1.82) is 0 Å². The molecule has 1 aliphatic carbocycles. The maximum absolute atomic E-state index is 14.6. The lowest BCUT2D eigenvalue weighted by Crippen LogP contribution is -2.24. The number of rotatable bonds is 6. The van der Waals surface area contributed by atoms with Gasteiger partial charge in [0.1, 0.15) is 18.1 Å². The van der Waals surface area contributed by atoms with E-state index in [4.69, 9.17) is 0 Å². The van der Waals surface area contributed by atoms with Crippen LogP contribution in [0.2, 0.25) is 0 Å². The van der Waals surface area contributed by atoms with E-state index in [1.165, 1.54) is 48.6 Å². The van der Waals surface area contributed by atoms with Crippen molar-refractivity contribution >= 4 is 27.0 Å². The van der Waals surface area contributed by atoms with Gasteiger partial charge in [0, 0.05) is 23.1 Å². The number of aromatic nitrogens is 2. The molecule has 1 amide bonds. The van der Waals surface area contributed by atoms with E-state index in [-0.39, 0.29) is 33.7 Å². The van der Waals surface area contributed by atoms with Gasteiger partial charge in [0.2, 0.25) is 5.91 Å². The predicted molar refractivity (Wildman–Crippen MR) is 141 cm³/mol. The highest BCUT2D eigenvalue weighted by molar-refractivity contribution is 7.90. The molecule has 1 aromatic heterocycles. The normalized spacial score (nSPS) is 18.4. The third kappa shape index (κ3) is 6.72. The zero-order chi connectivity index (χ0) is 28.4. The zero-order valence-corrected chi connectivity index (χ0v) is 21.9. The standard InChI is InChI=1S/C28H25F4N3O3S/c1-18-15-20(7-6-8-21(29)16-18)25-26(19-11-13-23(14-12-19)39(2,37)38)34-35(27(25)28(30,31)32)17-24(36)33-22-9-4-3-5-10-22/h3-6,8-16,18H,7,17H2,1-2H3,(H,33,36)/b8-6-,20-15+,21-16?. The number of nitrogens with one attached hydrogen (secondary N) is 1. The van der Waals surface area contributed by atoms with E-state index >= 15 is 0 Å². The molecule has 39 heavy (non-hydrogen) atoms. The van der Waals surface area contributed by atoms with E-state index in [1.807, 2.05) is 0 Å². The fourth-order valence-corrected chi connectivity index (χ4v) is 4.94. The monoisotopic (exact) mass is 559 g/mol. The van der Waals surface area contributed by atoms with Gasteiger partial charge in [-0.25, -0.2) is 17.5 Å². The van der Waals surface area contributed by atoms with Crippen molar-refractivity contribution in [3.05, 3.63) is 96.0 Å². The molecule has 1 N–H and O–H groups in total. The number of allylic oxidation sites excluding steroid dienone is 6. The number of carbonyl (C=O) groups excluding carboxylic acids is 1. The maximum Gasteiger partial charge on any atom is 0.433 e. The molecule has 0 saturated heterocycles. The van der Waals surface area contributed by atoms with Crippen LogP contribution in [0.3, 0.4) is 0 Å². The van der Waals surface area contributed by atoms with Crippen molar-refractivity contribution < 1.29 is 30.8 Å². The minimum atomic E-state index is -4.91. The Morgan fingerprint density at radius 3 is 2.36 bits per heavy atom. The number of nitrogens with zero attached hydrogens (tertiary/aromatic N) is 2. The summed E-state index contributed by atoms with van der Waals surface area (Å²) >= 11 is 0. The van der Waals surface area contributed by atoms with Crippen LogP contribution in [0, 0.1) is 5.92 Å². The molecule has 3 aromatic rings. The molecule has 204 valence electrons. The van der Waals surface area contributed by atoms with Crippen LogP contribution >= 0.6 is 0 Å². The molecule has 0 saturated carbocycles. The third-order valence-electron chi connectivity index (χ3n) is 5.95. The second-order valence-corrected chi connectivity index (χ2v) is 11.2. The Morgan fingerprint density at radius 1 is 1.08 bits per heavy atom. The molecule has 1 aliphatic rings. The molecule has 1 unspecified atom stereocenters. The molecule has 1 heterocycles. The number of anilines is 1. The van der Waals surface area contributed by atoms with Crippen LogP contribution in [-0.2, 0) is 27.4 Å². The SMILES string of the molecule is CC1C=C(F)/C=C\C/C(c2c(-c3ccc(S(C)(=O)=O)cc3)nn(CC(=O)Nc3ccccc3)c2C(F)(F)F)=C\1. The summed E-state index contributed by atoms with van der Waals surface area (Å²) < 4.78 is 82.3. The molecule has 6 nitrogen and oxygen atoms in total. The van der Waals surface area contributed by atoms with Gasteiger partial charge in [-0.05, 0) is 54.3 Å². The summed E-state index contributed by atoms with van der Waals surface area (Å²) in [6.07, 6.45) is 1.51. The fraction of sp³-hybridized carbons (Fsp3) is 0.214. The number of amides is 1. The first-order valence-electron chi connectivity index (χ1n) is 11.9. The van der Waals surface area contributed by atoms with E-state index < -0.39 is 45.9 Å². The fourth-order valence-electron chi connectivity index (χ4n) is 4.31. The summed E-state index contributed by atoms with van der Waals surface area (Å²) in [6, 6.07) is 13.6. The maximum atomic E-state index is 14.6. The van der Waals surface area contributed by atoms with E-state index in [9.17, 15) is 30.8 Å². The lowest BCUT2D eigenvalue weighted by atomic mass is 9.92. The van der Waals surface area contributed by atoms with Crippen molar-refractivity contribution in [2.24, 2.45) is 5.92 Å². The summed E-state index contributed by atoms with van der Waals surface area (Å²) in [5, 5.41) is 6.78. The average Bonchev–Trinajstić information content (AvgIpc) is 3.21. The van der Waals surface area contributed by atoms with Gasteiger partial charge in [-0.3, -0.25) is 4.79 Å². The number of benzene rings is 2. The number of hydrogen-bond donors (Lipinski definition) is 1. The Hall–Kier alpha value is -3.99. The second-order valence-electron chi connectivity index (χ2n) is 9.15. The molecule has 4 rings (SSSR count). The Bertz CT molecular complexity index is 1570. The van der Waals surface area contributed by atoms with E-state index in [2.05, 4.69) is 10.4 Å². The van der Waals surface area contributed by atoms with Crippen LogP contribution in [0.1, 0.15) is 24.6 Å². The predicted octanol–water partition coefficient (Wildman–Crippen LogP) is 6.44. The molecule has 0 radical (unpaired) electrons. The van der Waals surface area contributed by atoms with Crippen molar-refractivity contribution in [3.63, 3.8) is 0 Å². The Balaban J connectivity index is 1.89. The zero-order valence-electron chi connectivity index (χ0n) is 21.0. The summed E-state index contributed by atoms with van der Waals surface area (Å²) in [5.74, 6) is -1.75. The number of carbonyl (C=O) groups is 1. The quantitative estimate of drug-likeness (QED) is 0.352. The summed E-state index contributed by atoms with van der Waals surface area (Å²) in [7, 11) is -3.55. The lowest BCUT2D eigenvalue weighted by Gasteiger charge is -2.16. The van der Waals surface area contributed by atoms with Crippen LogP contribution in [0.4, 0.5) is 23.2 Å². The van der Waals surface area contributed by atoms with Crippen LogP contribution < -0.4 is 5.32 Å². The molecule has 1 atom stereocenters. The minimum absolute atomic E-state index is 0.00662. The van der Waals surface area contributed by atoms with Crippen molar-refractivity contribution in [2.75, 3.05) is 11.6 Å². The Kier molecular flexibility index (Phi) is 7.91. The van der Waals surface area contributed by atoms with Gasteiger partial charge >= 0.3 is 6.18 Å².